The molecule has 7 nitrogen and oxygen atoms in total. The lowest BCUT2D eigenvalue weighted by Crippen LogP contribution is -2.25. The van der Waals surface area contributed by atoms with E-state index < -0.39 is 5.56 Å². The average molecular weight is 393 g/mol. The summed E-state index contributed by atoms with van der Waals surface area (Å²) in [4.78, 5) is 29.1. The van der Waals surface area contributed by atoms with E-state index in [1.807, 2.05) is 0 Å². The Morgan fingerprint density at radius 2 is 1.97 bits per heavy atom. The first-order chi connectivity index (χ1) is 13.9. The maximum Gasteiger partial charge on any atom is 0.281 e. The molecule has 4 rings (SSSR count). The van der Waals surface area contributed by atoms with Crippen molar-refractivity contribution in [3.05, 3.63) is 64.2 Å². The predicted octanol–water partition coefficient (Wildman–Crippen LogP) is 3.15. The Labute approximate surface area is 165 Å². The van der Waals surface area contributed by atoms with E-state index in [2.05, 4.69) is 34.5 Å². The van der Waals surface area contributed by atoms with Gasteiger partial charge in [0.25, 0.3) is 11.5 Å². The molecule has 0 fully saturated rings. The Balaban J connectivity index is 1.79. The highest BCUT2D eigenvalue weighted by Crippen LogP contribution is 2.23. The first-order valence-corrected chi connectivity index (χ1v) is 9.39. The molecule has 29 heavy (non-hydrogen) atoms. The van der Waals surface area contributed by atoms with Crippen LogP contribution in [0.4, 0.5) is 4.39 Å². The summed E-state index contributed by atoms with van der Waals surface area (Å²) < 4.78 is 14.8. The van der Waals surface area contributed by atoms with Gasteiger partial charge in [-0.2, -0.15) is 10.1 Å². The van der Waals surface area contributed by atoms with Crippen molar-refractivity contribution in [2.24, 2.45) is 5.92 Å². The van der Waals surface area contributed by atoms with Crippen LogP contribution in [0.2, 0.25) is 0 Å². The van der Waals surface area contributed by atoms with Gasteiger partial charge in [0.15, 0.2) is 5.65 Å². The number of aromatic nitrogens is 4. The standard InChI is InChI=1S/C21H20FN5O2/c1-12(2)9-10-23-20(28)14-5-8-16-17(11-14)27-19(24-21(16)29)18(25-26-27)13-3-6-15(22)7-4-13/h3-8,11-12,26H,9-10H2,1-2H3,(H,23,28). The van der Waals surface area contributed by atoms with Crippen molar-refractivity contribution < 1.29 is 9.18 Å². The summed E-state index contributed by atoms with van der Waals surface area (Å²) in [5.41, 5.74) is 1.88. The summed E-state index contributed by atoms with van der Waals surface area (Å²) in [5, 5.41) is 10.3. The minimum atomic E-state index is -0.420. The van der Waals surface area contributed by atoms with Crippen LogP contribution in [-0.2, 0) is 0 Å². The van der Waals surface area contributed by atoms with E-state index in [1.54, 1.807) is 34.8 Å². The van der Waals surface area contributed by atoms with Crippen molar-refractivity contribution in [2.75, 3.05) is 6.54 Å². The van der Waals surface area contributed by atoms with E-state index in [1.165, 1.54) is 12.1 Å². The molecule has 0 spiro atoms. The van der Waals surface area contributed by atoms with Crippen LogP contribution < -0.4 is 10.9 Å². The molecule has 0 unspecified atom stereocenters. The van der Waals surface area contributed by atoms with Gasteiger partial charge in [-0.15, -0.1) is 0 Å². The van der Waals surface area contributed by atoms with Gasteiger partial charge in [-0.25, -0.2) is 14.1 Å². The highest BCUT2D eigenvalue weighted by molar-refractivity contribution is 5.98. The number of aromatic amines is 1. The number of H-pyrrole nitrogens is 1. The molecule has 0 saturated heterocycles. The lowest BCUT2D eigenvalue weighted by atomic mass is 10.1. The fourth-order valence-electron chi connectivity index (χ4n) is 3.15. The molecule has 2 N–H and O–H groups in total. The molecule has 0 aliphatic carbocycles. The van der Waals surface area contributed by atoms with Crippen LogP contribution >= 0.6 is 0 Å². The lowest BCUT2D eigenvalue weighted by Gasteiger charge is -2.08. The number of carbonyl (C=O) groups excluding carboxylic acids is 1. The van der Waals surface area contributed by atoms with E-state index in [0.29, 0.717) is 45.8 Å². The van der Waals surface area contributed by atoms with Crippen LogP contribution in [0, 0.1) is 11.7 Å². The molecule has 1 amide bonds. The third-order valence-corrected chi connectivity index (χ3v) is 4.75. The van der Waals surface area contributed by atoms with Gasteiger partial charge in [0, 0.05) is 17.7 Å². The van der Waals surface area contributed by atoms with Crippen LogP contribution in [0.1, 0.15) is 30.6 Å². The van der Waals surface area contributed by atoms with Gasteiger partial charge in [0.1, 0.15) is 11.5 Å². The largest absolute Gasteiger partial charge is 0.352 e. The maximum absolute atomic E-state index is 13.2. The van der Waals surface area contributed by atoms with Gasteiger partial charge in [-0.3, -0.25) is 9.59 Å². The number of hydrogen-bond acceptors (Lipinski definition) is 4. The van der Waals surface area contributed by atoms with Gasteiger partial charge in [0.2, 0.25) is 0 Å². The first-order valence-electron chi connectivity index (χ1n) is 9.39. The Morgan fingerprint density at radius 3 is 2.69 bits per heavy atom. The van der Waals surface area contributed by atoms with Crippen molar-refractivity contribution in [1.82, 2.24) is 25.1 Å². The molecular formula is C21H20FN5O2. The monoisotopic (exact) mass is 393 g/mol. The first kappa shape index (κ1) is 18.8. The highest BCUT2D eigenvalue weighted by Gasteiger charge is 2.16. The molecule has 0 bridgehead atoms. The molecule has 2 heterocycles. The highest BCUT2D eigenvalue weighted by atomic mass is 19.1. The number of fused-ring (bicyclic) bond motifs is 3. The SMILES string of the molecule is CC(C)CCNC(=O)c1ccc2c(=O)nc3c(-c4ccc(F)cc4)n[nH]n3c2c1. The molecule has 0 aliphatic heterocycles. The van der Waals surface area contributed by atoms with Gasteiger partial charge >= 0.3 is 0 Å². The van der Waals surface area contributed by atoms with Crippen molar-refractivity contribution >= 4 is 22.5 Å². The predicted molar refractivity (Wildman–Crippen MR) is 108 cm³/mol. The smallest absolute Gasteiger partial charge is 0.281 e. The van der Waals surface area contributed by atoms with E-state index in [4.69, 9.17) is 0 Å². The zero-order chi connectivity index (χ0) is 20.5. The molecule has 0 saturated carbocycles. The molecular weight excluding hydrogens is 373 g/mol. The second-order valence-corrected chi connectivity index (χ2v) is 7.31. The van der Waals surface area contributed by atoms with Crippen molar-refractivity contribution in [3.63, 3.8) is 0 Å². The third kappa shape index (κ3) is 3.61. The fraction of sp³-hybridized carbons (Fsp3) is 0.238. The number of carbonyl (C=O) groups is 1. The topological polar surface area (TPSA) is 92.2 Å². The zero-order valence-electron chi connectivity index (χ0n) is 16.1. The number of hydrogen-bond donors (Lipinski definition) is 2. The zero-order valence-corrected chi connectivity index (χ0v) is 16.1. The van der Waals surface area contributed by atoms with Crippen molar-refractivity contribution in [2.45, 2.75) is 20.3 Å². The van der Waals surface area contributed by atoms with Crippen LogP contribution in [0.3, 0.4) is 0 Å². The summed E-state index contributed by atoms with van der Waals surface area (Å²) in [7, 11) is 0. The minimum Gasteiger partial charge on any atom is -0.352 e. The van der Waals surface area contributed by atoms with Crippen LogP contribution in [0.5, 0.6) is 0 Å². The van der Waals surface area contributed by atoms with Crippen molar-refractivity contribution in [3.8, 4) is 11.3 Å². The van der Waals surface area contributed by atoms with E-state index in [9.17, 15) is 14.0 Å². The Hall–Kier alpha value is -3.55. The van der Waals surface area contributed by atoms with Gasteiger partial charge < -0.3 is 5.32 Å². The second-order valence-electron chi connectivity index (χ2n) is 7.31. The van der Waals surface area contributed by atoms with Crippen LogP contribution in [-0.4, -0.2) is 32.3 Å². The Kier molecular flexibility index (Phi) is 4.84. The summed E-state index contributed by atoms with van der Waals surface area (Å²) in [6.07, 6.45) is 0.883. The normalized spacial score (nSPS) is 11.4. The number of halogens is 1. The molecule has 0 aliphatic rings. The number of benzene rings is 2. The van der Waals surface area contributed by atoms with Gasteiger partial charge in [-0.05, 0) is 54.8 Å². The molecule has 0 atom stereocenters. The van der Waals surface area contributed by atoms with Crippen molar-refractivity contribution in [1.29, 1.82) is 0 Å². The third-order valence-electron chi connectivity index (χ3n) is 4.75. The van der Waals surface area contributed by atoms with Gasteiger partial charge in [0.05, 0.1) is 10.9 Å². The molecule has 4 aromatic rings. The molecule has 2 aromatic heterocycles. The molecule has 0 radical (unpaired) electrons. The Bertz CT molecular complexity index is 1260. The second kappa shape index (κ2) is 7.46. The molecule has 2 aromatic carbocycles. The number of nitrogens with zero attached hydrogens (tertiary/aromatic N) is 3. The lowest BCUT2D eigenvalue weighted by molar-refractivity contribution is 0.0952. The quantitative estimate of drug-likeness (QED) is 0.545. The van der Waals surface area contributed by atoms with E-state index in [-0.39, 0.29) is 11.7 Å². The number of amides is 1. The Morgan fingerprint density at radius 1 is 1.21 bits per heavy atom. The minimum absolute atomic E-state index is 0.205. The van der Waals surface area contributed by atoms with E-state index in [0.717, 1.165) is 6.42 Å². The summed E-state index contributed by atoms with van der Waals surface area (Å²) in [6, 6.07) is 10.6. The fourth-order valence-corrected chi connectivity index (χ4v) is 3.15. The van der Waals surface area contributed by atoms with Crippen LogP contribution in [0.15, 0.2) is 47.3 Å². The number of rotatable bonds is 5. The summed E-state index contributed by atoms with van der Waals surface area (Å²) >= 11 is 0. The summed E-state index contributed by atoms with van der Waals surface area (Å²) in [5.74, 6) is -0.0767. The maximum atomic E-state index is 13.2. The molecule has 8 heteroatoms. The number of nitrogens with one attached hydrogen (secondary N) is 2. The van der Waals surface area contributed by atoms with E-state index >= 15 is 0 Å². The summed E-state index contributed by atoms with van der Waals surface area (Å²) in [6.45, 7) is 4.77. The average Bonchev–Trinajstić information content (AvgIpc) is 3.12. The van der Waals surface area contributed by atoms with Gasteiger partial charge in [-0.1, -0.05) is 13.8 Å². The molecule has 148 valence electrons. The van der Waals surface area contributed by atoms with Crippen LogP contribution in [0.25, 0.3) is 27.8 Å².